The van der Waals surface area contributed by atoms with Crippen LogP contribution in [-0.4, -0.2) is 22.6 Å². The predicted molar refractivity (Wildman–Crippen MR) is 75.6 cm³/mol. The van der Waals surface area contributed by atoms with E-state index in [1.54, 1.807) is 6.07 Å². The Hall–Kier alpha value is -1.19. The highest BCUT2D eigenvalue weighted by atomic mass is 32.3. The molecule has 0 saturated carbocycles. The van der Waals surface area contributed by atoms with E-state index in [-0.39, 0.29) is 12.3 Å². The highest BCUT2D eigenvalue weighted by molar-refractivity contribution is 7.79. The fourth-order valence-electron chi connectivity index (χ4n) is 1.29. The fourth-order valence-corrected chi connectivity index (χ4v) is 1.29. The first-order chi connectivity index (χ1) is 7.84. The molecule has 0 fully saturated rings. The Morgan fingerprint density at radius 3 is 1.95 bits per heavy atom. The largest absolute Gasteiger partial charge is 0.508 e. The Bertz CT molecular complexity index is 415. The van der Waals surface area contributed by atoms with Gasteiger partial charge in [-0.15, -0.1) is 0 Å². The van der Waals surface area contributed by atoms with E-state index in [0.717, 1.165) is 12.0 Å². The molecule has 8 heteroatoms. The maximum absolute atomic E-state index is 9.41. The van der Waals surface area contributed by atoms with Crippen LogP contribution in [0.4, 0.5) is 0 Å². The minimum absolute atomic E-state index is 0. The molecule has 0 radical (unpaired) electrons. The molecule has 0 aliphatic carbocycles. The van der Waals surface area contributed by atoms with Crippen molar-refractivity contribution in [3.05, 3.63) is 29.8 Å². The number of phenols is 1. The van der Waals surface area contributed by atoms with Crippen molar-refractivity contribution >= 4 is 10.4 Å². The number of phenolic OH excluding ortho intramolecular Hbond substituents is 1. The van der Waals surface area contributed by atoms with Gasteiger partial charge in [-0.1, -0.05) is 38.0 Å². The summed E-state index contributed by atoms with van der Waals surface area (Å²) < 4.78 is 31.6. The molecule has 1 rings (SSSR count). The first-order valence-corrected chi connectivity index (χ1v) is 6.71. The van der Waals surface area contributed by atoms with Gasteiger partial charge in [0, 0.05) is 0 Å². The number of hydrogen-bond acceptors (Lipinski definition) is 5. The lowest BCUT2D eigenvalue weighted by molar-refractivity contribution is 0.381. The van der Waals surface area contributed by atoms with Crippen molar-refractivity contribution in [2.75, 3.05) is 0 Å². The van der Waals surface area contributed by atoms with Crippen LogP contribution in [0.3, 0.4) is 0 Å². The van der Waals surface area contributed by atoms with Crippen LogP contribution in [0.5, 0.6) is 5.75 Å². The maximum atomic E-state index is 9.41. The fraction of sp³-hybridized carbons (Fsp3) is 0.455. The van der Waals surface area contributed by atoms with E-state index in [4.69, 9.17) is 17.5 Å². The van der Waals surface area contributed by atoms with Crippen LogP contribution >= 0.6 is 0 Å². The van der Waals surface area contributed by atoms with Crippen molar-refractivity contribution in [3.8, 4) is 5.75 Å². The molecule has 0 aromatic heterocycles. The van der Waals surface area contributed by atoms with Crippen LogP contribution in [0, 0.1) is 0 Å². The van der Waals surface area contributed by atoms with Crippen molar-refractivity contribution in [3.63, 3.8) is 0 Å². The normalized spacial score (nSPS) is 9.42. The minimum atomic E-state index is -4.67. The Morgan fingerprint density at radius 1 is 1.05 bits per heavy atom. The molecule has 19 heavy (non-hydrogen) atoms. The number of para-hydroxylation sites is 1. The minimum Gasteiger partial charge on any atom is -0.508 e. The third-order valence-corrected chi connectivity index (χ3v) is 2.04. The van der Waals surface area contributed by atoms with Crippen LogP contribution in [0.15, 0.2) is 24.3 Å². The van der Waals surface area contributed by atoms with Crippen LogP contribution in [0.25, 0.3) is 0 Å². The molecule has 0 heterocycles. The van der Waals surface area contributed by atoms with Gasteiger partial charge < -0.3 is 17.4 Å². The third-order valence-electron chi connectivity index (χ3n) is 2.04. The number of aromatic hydroxyl groups is 1. The van der Waals surface area contributed by atoms with Crippen molar-refractivity contribution < 1.29 is 22.6 Å². The van der Waals surface area contributed by atoms with E-state index >= 15 is 0 Å². The number of aryl methyl sites for hydroxylation is 1. The molecule has 1 aromatic rings. The smallest absolute Gasteiger partial charge is 0.394 e. The van der Waals surface area contributed by atoms with Gasteiger partial charge in [-0.2, -0.15) is 8.42 Å². The quantitative estimate of drug-likeness (QED) is 0.420. The predicted octanol–water partition coefficient (Wildman–Crippen LogP) is 2.80. The van der Waals surface area contributed by atoms with Gasteiger partial charge in [-0.05, 0) is 24.5 Å². The van der Waals surface area contributed by atoms with Gasteiger partial charge in [0.05, 0.1) is 0 Å². The lowest BCUT2D eigenvalue weighted by Gasteiger charge is -2.02. The van der Waals surface area contributed by atoms with Crippen molar-refractivity contribution in [1.82, 2.24) is 12.3 Å². The molecular weight excluding hydrogens is 272 g/mol. The monoisotopic (exact) mass is 296 g/mol. The second-order valence-corrected chi connectivity index (χ2v) is 4.43. The van der Waals surface area contributed by atoms with Gasteiger partial charge >= 0.3 is 10.4 Å². The molecule has 7 nitrogen and oxygen atoms in total. The van der Waals surface area contributed by atoms with E-state index in [0.29, 0.717) is 5.75 Å². The zero-order valence-electron chi connectivity index (χ0n) is 11.1. The van der Waals surface area contributed by atoms with Gasteiger partial charge in [0.15, 0.2) is 0 Å². The Morgan fingerprint density at radius 2 is 1.53 bits per heavy atom. The van der Waals surface area contributed by atoms with Crippen LogP contribution in [0.1, 0.15) is 31.7 Å². The topological polar surface area (TPSA) is 165 Å². The molecule has 0 aliphatic rings. The number of benzene rings is 1. The van der Waals surface area contributed by atoms with Gasteiger partial charge in [0.2, 0.25) is 0 Å². The molecule has 0 amide bonds. The van der Waals surface area contributed by atoms with Crippen molar-refractivity contribution in [2.24, 2.45) is 0 Å². The van der Waals surface area contributed by atoms with Crippen molar-refractivity contribution in [1.29, 1.82) is 0 Å². The third kappa shape index (κ3) is 16.8. The molecular formula is C11H24N2O5S. The lowest BCUT2D eigenvalue weighted by atomic mass is 10.1. The first kappa shape index (κ1) is 22.9. The Labute approximate surface area is 114 Å². The summed E-state index contributed by atoms with van der Waals surface area (Å²) in [5.74, 6) is 0.439. The summed E-state index contributed by atoms with van der Waals surface area (Å²) in [6, 6.07) is 7.58. The molecule has 0 aliphatic heterocycles. The van der Waals surface area contributed by atoms with Gasteiger partial charge in [-0.25, -0.2) is 0 Å². The van der Waals surface area contributed by atoms with Crippen LogP contribution < -0.4 is 12.3 Å². The number of hydrogen-bond donors (Lipinski definition) is 5. The highest BCUT2D eigenvalue weighted by Gasteiger charge is 1.97. The van der Waals surface area contributed by atoms with Crippen molar-refractivity contribution in [2.45, 2.75) is 32.6 Å². The van der Waals surface area contributed by atoms with Gasteiger partial charge in [0.25, 0.3) is 0 Å². The summed E-state index contributed by atoms with van der Waals surface area (Å²) >= 11 is 0. The zero-order chi connectivity index (χ0) is 13.3. The van der Waals surface area contributed by atoms with E-state index in [9.17, 15) is 5.11 Å². The summed E-state index contributed by atoms with van der Waals surface area (Å²) in [5.41, 5.74) is 1.07. The second kappa shape index (κ2) is 11.9. The standard InChI is InChI=1S/C11H16O.2H3N.H2O4S/c1-2-3-4-7-10-8-5-6-9-11(10)12;;;1-5(2,3)4/h5-6,8-9,12H,2-4,7H2,1H3;2*1H3;(H2,1,2,3,4). The number of rotatable bonds is 4. The van der Waals surface area contributed by atoms with Gasteiger partial charge in [0.1, 0.15) is 5.75 Å². The lowest BCUT2D eigenvalue weighted by Crippen LogP contribution is -1.89. The molecule has 1 aromatic carbocycles. The molecule has 9 N–H and O–H groups in total. The zero-order valence-corrected chi connectivity index (χ0v) is 11.9. The molecule has 0 atom stereocenters. The summed E-state index contributed by atoms with van der Waals surface area (Å²) in [6.07, 6.45) is 4.65. The summed E-state index contributed by atoms with van der Waals surface area (Å²) in [6.45, 7) is 2.19. The molecule has 114 valence electrons. The molecule has 0 bridgehead atoms. The SMILES string of the molecule is CCCCCc1ccccc1O.N.N.O=S(=O)(O)O. The van der Waals surface area contributed by atoms with E-state index < -0.39 is 10.4 Å². The van der Waals surface area contributed by atoms with E-state index in [1.807, 2.05) is 18.2 Å². The highest BCUT2D eigenvalue weighted by Crippen LogP contribution is 2.17. The average Bonchev–Trinajstić information content (AvgIpc) is 2.19. The number of unbranched alkanes of at least 4 members (excludes halogenated alkanes) is 2. The summed E-state index contributed by atoms with van der Waals surface area (Å²) in [7, 11) is -4.67. The van der Waals surface area contributed by atoms with E-state index in [2.05, 4.69) is 6.92 Å². The van der Waals surface area contributed by atoms with Crippen LogP contribution in [0.2, 0.25) is 0 Å². The first-order valence-electron chi connectivity index (χ1n) is 5.31. The maximum Gasteiger partial charge on any atom is 0.394 e. The Kier molecular flexibility index (Phi) is 14.3. The molecule has 0 spiro atoms. The molecule has 0 unspecified atom stereocenters. The van der Waals surface area contributed by atoms with E-state index in [1.165, 1.54) is 19.3 Å². The molecule has 0 saturated heterocycles. The summed E-state index contributed by atoms with van der Waals surface area (Å²) in [5, 5.41) is 9.41. The Balaban J connectivity index is -0.000000320. The second-order valence-electron chi connectivity index (χ2n) is 3.53. The van der Waals surface area contributed by atoms with Gasteiger partial charge in [-0.3, -0.25) is 9.11 Å². The summed E-state index contributed by atoms with van der Waals surface area (Å²) in [4.78, 5) is 0. The average molecular weight is 296 g/mol. The van der Waals surface area contributed by atoms with Crippen LogP contribution in [-0.2, 0) is 16.8 Å².